The van der Waals surface area contributed by atoms with Crippen LogP contribution in [0.25, 0.3) is 0 Å². The molecule has 5 rings (SSSR count). The lowest BCUT2D eigenvalue weighted by Gasteiger charge is -2.21. The van der Waals surface area contributed by atoms with E-state index in [1.165, 1.54) is 0 Å². The number of fused-ring (bicyclic) bond motifs is 2. The third-order valence-corrected chi connectivity index (χ3v) is 8.65. The predicted molar refractivity (Wildman–Crippen MR) is 113 cm³/mol. The zero-order valence-corrected chi connectivity index (χ0v) is 18.0. The van der Waals surface area contributed by atoms with Crippen molar-refractivity contribution >= 4 is 21.8 Å². The van der Waals surface area contributed by atoms with Crippen LogP contribution in [0.5, 0.6) is 23.0 Å². The average molecular weight is 450 g/mol. The summed E-state index contributed by atoms with van der Waals surface area (Å²) >= 11 is 1.78. The Hall–Kier alpha value is -2.10. The van der Waals surface area contributed by atoms with Gasteiger partial charge in [0.2, 0.25) is 16.8 Å². The lowest BCUT2D eigenvalue weighted by Crippen LogP contribution is -2.33. The molecule has 0 unspecified atom stereocenters. The summed E-state index contributed by atoms with van der Waals surface area (Å²) in [6.07, 6.45) is 1.51. The second-order valence-corrected chi connectivity index (χ2v) is 10.6. The van der Waals surface area contributed by atoms with Crippen molar-refractivity contribution in [1.29, 1.82) is 0 Å². The molecule has 1 fully saturated rings. The summed E-state index contributed by atoms with van der Waals surface area (Å²) in [4.78, 5) is 0.248. The fraction of sp³-hybridized carbons (Fsp3) is 0.429. The van der Waals surface area contributed by atoms with Gasteiger partial charge >= 0.3 is 0 Å². The Bertz CT molecular complexity index is 1040. The standard InChI is InChI=1S/C21H23NO6S2/c23-30(24,16-3-5-17-20(13-16)26-10-1-9-25-17)22-7-6-21(29-11-8-22)15-2-4-18-19(12-15)28-14-27-18/h2-5,12-13,21H,1,6-11,14H2/t21-/m1/s1. The number of thioether (sulfide) groups is 1. The fourth-order valence-corrected chi connectivity index (χ4v) is 6.63. The maximum Gasteiger partial charge on any atom is 0.243 e. The van der Waals surface area contributed by atoms with Crippen LogP contribution in [0.3, 0.4) is 0 Å². The number of nitrogens with zero attached hydrogens (tertiary/aromatic N) is 1. The van der Waals surface area contributed by atoms with E-state index in [4.69, 9.17) is 18.9 Å². The van der Waals surface area contributed by atoms with Gasteiger partial charge in [-0.1, -0.05) is 6.07 Å². The summed E-state index contributed by atoms with van der Waals surface area (Å²) in [5.74, 6) is 3.34. The van der Waals surface area contributed by atoms with Crippen LogP contribution < -0.4 is 18.9 Å². The molecule has 0 saturated carbocycles. The molecule has 0 radical (unpaired) electrons. The van der Waals surface area contributed by atoms with Gasteiger partial charge in [0.15, 0.2) is 23.0 Å². The third kappa shape index (κ3) is 3.81. The number of rotatable bonds is 3. The lowest BCUT2D eigenvalue weighted by atomic mass is 10.1. The highest BCUT2D eigenvalue weighted by atomic mass is 32.2. The topological polar surface area (TPSA) is 74.3 Å². The van der Waals surface area contributed by atoms with Gasteiger partial charge in [-0.05, 0) is 36.2 Å². The van der Waals surface area contributed by atoms with Crippen molar-refractivity contribution in [3.8, 4) is 23.0 Å². The van der Waals surface area contributed by atoms with Crippen LogP contribution in [0.2, 0.25) is 0 Å². The lowest BCUT2D eigenvalue weighted by molar-refractivity contribution is 0.174. The summed E-state index contributed by atoms with van der Waals surface area (Å²) in [6, 6.07) is 10.9. The Kier molecular flexibility index (Phi) is 5.43. The van der Waals surface area contributed by atoms with Crippen LogP contribution in [0.4, 0.5) is 0 Å². The third-order valence-electron chi connectivity index (χ3n) is 5.43. The summed E-state index contributed by atoms with van der Waals surface area (Å²) in [6.45, 7) is 2.28. The molecule has 2 aromatic carbocycles. The minimum atomic E-state index is -3.61. The Morgan fingerprint density at radius 1 is 0.867 bits per heavy atom. The fourth-order valence-electron chi connectivity index (χ4n) is 3.82. The molecular weight excluding hydrogens is 426 g/mol. The van der Waals surface area contributed by atoms with E-state index in [9.17, 15) is 8.42 Å². The molecule has 7 nitrogen and oxygen atoms in total. The molecule has 0 aromatic heterocycles. The molecule has 30 heavy (non-hydrogen) atoms. The highest BCUT2D eigenvalue weighted by Crippen LogP contribution is 2.41. The summed E-state index contributed by atoms with van der Waals surface area (Å²) in [5, 5.41) is 0.212. The van der Waals surface area contributed by atoms with Gasteiger partial charge in [0.05, 0.1) is 18.1 Å². The first-order valence-electron chi connectivity index (χ1n) is 10.0. The molecule has 9 heteroatoms. The highest BCUT2D eigenvalue weighted by molar-refractivity contribution is 7.99. The molecule has 3 aliphatic heterocycles. The molecule has 0 amide bonds. The molecule has 0 N–H and O–H groups in total. The number of benzene rings is 2. The summed E-state index contributed by atoms with van der Waals surface area (Å²) in [5.41, 5.74) is 1.14. The zero-order valence-electron chi connectivity index (χ0n) is 16.4. The van der Waals surface area contributed by atoms with E-state index in [1.54, 1.807) is 34.3 Å². The van der Waals surface area contributed by atoms with Crippen LogP contribution in [0, 0.1) is 0 Å². The van der Waals surface area contributed by atoms with Crippen molar-refractivity contribution in [3.05, 3.63) is 42.0 Å². The maximum absolute atomic E-state index is 13.3. The van der Waals surface area contributed by atoms with E-state index in [2.05, 4.69) is 0 Å². The van der Waals surface area contributed by atoms with Gasteiger partial charge in [-0.2, -0.15) is 16.1 Å². The molecule has 1 atom stereocenters. The van der Waals surface area contributed by atoms with Crippen LogP contribution in [-0.2, 0) is 10.0 Å². The van der Waals surface area contributed by atoms with Crippen molar-refractivity contribution in [1.82, 2.24) is 4.31 Å². The minimum absolute atomic E-state index is 0.212. The van der Waals surface area contributed by atoms with Gasteiger partial charge < -0.3 is 18.9 Å². The Balaban J connectivity index is 1.33. The van der Waals surface area contributed by atoms with Crippen molar-refractivity contribution in [2.24, 2.45) is 0 Å². The first-order valence-corrected chi connectivity index (χ1v) is 12.5. The molecule has 2 aromatic rings. The predicted octanol–water partition coefficient (Wildman–Crippen LogP) is 3.45. The van der Waals surface area contributed by atoms with Gasteiger partial charge in [-0.15, -0.1) is 0 Å². The van der Waals surface area contributed by atoms with Gasteiger partial charge in [-0.25, -0.2) is 8.42 Å². The minimum Gasteiger partial charge on any atom is -0.490 e. The van der Waals surface area contributed by atoms with Gasteiger partial charge in [0.1, 0.15) is 0 Å². The van der Waals surface area contributed by atoms with Crippen LogP contribution in [0.15, 0.2) is 41.3 Å². The van der Waals surface area contributed by atoms with E-state index in [-0.39, 0.29) is 16.9 Å². The first-order chi connectivity index (χ1) is 14.6. The van der Waals surface area contributed by atoms with E-state index in [0.717, 1.165) is 35.7 Å². The highest BCUT2D eigenvalue weighted by Gasteiger charge is 2.30. The normalized spacial score (nSPS) is 21.7. The molecular formula is C21H23NO6S2. The van der Waals surface area contributed by atoms with Crippen LogP contribution in [-0.4, -0.2) is 51.6 Å². The first kappa shape index (κ1) is 19.8. The number of hydrogen-bond donors (Lipinski definition) is 0. The Morgan fingerprint density at radius 2 is 1.60 bits per heavy atom. The maximum atomic E-state index is 13.3. The molecule has 0 aliphatic carbocycles. The number of sulfonamides is 1. The molecule has 3 aliphatic rings. The van der Waals surface area contributed by atoms with Crippen LogP contribution in [0.1, 0.15) is 23.7 Å². The van der Waals surface area contributed by atoms with Gasteiger partial charge in [0.25, 0.3) is 0 Å². The van der Waals surface area contributed by atoms with Crippen molar-refractivity contribution in [3.63, 3.8) is 0 Å². The van der Waals surface area contributed by atoms with Crippen molar-refractivity contribution in [2.75, 3.05) is 38.8 Å². The number of ether oxygens (including phenoxy) is 4. The van der Waals surface area contributed by atoms with Gasteiger partial charge in [0, 0.05) is 36.6 Å². The van der Waals surface area contributed by atoms with Crippen molar-refractivity contribution < 1.29 is 27.4 Å². The molecule has 1 saturated heterocycles. The number of hydrogen-bond acceptors (Lipinski definition) is 7. The smallest absolute Gasteiger partial charge is 0.243 e. The zero-order chi connectivity index (χ0) is 20.6. The second-order valence-electron chi connectivity index (χ2n) is 7.32. The summed E-state index contributed by atoms with van der Waals surface area (Å²) < 4.78 is 50.3. The quantitative estimate of drug-likeness (QED) is 0.711. The van der Waals surface area contributed by atoms with E-state index < -0.39 is 10.0 Å². The molecule has 160 valence electrons. The Labute approximate surface area is 180 Å². The van der Waals surface area contributed by atoms with E-state index >= 15 is 0 Å². The van der Waals surface area contributed by atoms with Crippen molar-refractivity contribution in [2.45, 2.75) is 23.0 Å². The van der Waals surface area contributed by atoms with E-state index in [0.29, 0.717) is 37.8 Å². The molecule has 0 bridgehead atoms. The van der Waals surface area contributed by atoms with E-state index in [1.807, 2.05) is 18.2 Å². The van der Waals surface area contributed by atoms with Crippen LogP contribution >= 0.6 is 11.8 Å². The molecule has 3 heterocycles. The SMILES string of the molecule is O=S(=O)(c1ccc2c(c1)OCCCO2)N1CCS[C@@H](c2ccc3c(c2)OCO3)CC1. The summed E-state index contributed by atoms with van der Waals surface area (Å²) in [7, 11) is -3.61. The Morgan fingerprint density at radius 3 is 2.50 bits per heavy atom. The monoisotopic (exact) mass is 449 g/mol. The second kappa shape index (κ2) is 8.20. The largest absolute Gasteiger partial charge is 0.490 e. The molecule has 0 spiro atoms. The van der Waals surface area contributed by atoms with Gasteiger partial charge in [-0.3, -0.25) is 0 Å². The average Bonchev–Trinajstić information content (AvgIpc) is 2.93.